The van der Waals surface area contributed by atoms with Gasteiger partial charge in [-0.3, -0.25) is 4.90 Å². The van der Waals surface area contributed by atoms with E-state index in [4.69, 9.17) is 14.0 Å². The second-order valence-electron chi connectivity index (χ2n) is 10.7. The highest BCUT2D eigenvalue weighted by Crippen LogP contribution is 2.37. The Morgan fingerprint density at radius 3 is 2.34 bits per heavy atom. The first-order valence-electron chi connectivity index (χ1n) is 11.4. The molecular weight excluding hydrogens is 405 g/mol. The largest absolute Gasteiger partial charge is 0.494 e. The highest BCUT2D eigenvalue weighted by atomic mass is 16.7. The van der Waals surface area contributed by atoms with Gasteiger partial charge < -0.3 is 18.6 Å². The van der Waals surface area contributed by atoms with Crippen molar-refractivity contribution in [2.45, 2.75) is 84.3 Å². The first kappa shape index (κ1) is 22.9. The molecule has 172 valence electrons. The minimum Gasteiger partial charge on any atom is -0.444 e. The number of ether oxygens (including phenoxy) is 1. The number of nitrogens with zero attached hydrogens (tertiary/aromatic N) is 3. The van der Waals surface area contributed by atoms with E-state index in [1.165, 1.54) is 0 Å². The maximum absolute atomic E-state index is 12.8. The molecule has 4 rings (SSSR count). The van der Waals surface area contributed by atoms with Gasteiger partial charge in [0.1, 0.15) is 11.8 Å². The number of aromatic nitrogens is 2. The van der Waals surface area contributed by atoms with E-state index in [0.29, 0.717) is 6.54 Å². The van der Waals surface area contributed by atoms with Crippen molar-refractivity contribution in [2.75, 3.05) is 6.54 Å². The van der Waals surface area contributed by atoms with Gasteiger partial charge in [-0.25, -0.2) is 9.78 Å². The van der Waals surface area contributed by atoms with E-state index in [9.17, 15) is 4.79 Å². The number of amides is 1. The first-order valence-corrected chi connectivity index (χ1v) is 11.4. The molecule has 2 fully saturated rings. The monoisotopic (exact) mass is 439 g/mol. The van der Waals surface area contributed by atoms with Gasteiger partial charge in [-0.15, -0.1) is 0 Å². The maximum Gasteiger partial charge on any atom is 0.494 e. The van der Waals surface area contributed by atoms with Crippen LogP contribution in [0, 0.1) is 0 Å². The SMILES string of the molecule is CC(C)(C)OC(=O)N1CCCC1n1cncc1-c1ccc(B2OC(C)(C)C(C)(C)O2)cc1. The Kier molecular flexibility index (Phi) is 5.66. The summed E-state index contributed by atoms with van der Waals surface area (Å²) in [6.07, 6.45) is 5.05. The number of likely N-dealkylation sites (tertiary alicyclic amines) is 1. The molecule has 1 aromatic heterocycles. The van der Waals surface area contributed by atoms with Gasteiger partial charge in [-0.1, -0.05) is 24.3 Å². The number of imidazole rings is 1. The Morgan fingerprint density at radius 1 is 1.12 bits per heavy atom. The van der Waals surface area contributed by atoms with Crippen LogP contribution in [0.2, 0.25) is 0 Å². The zero-order valence-corrected chi connectivity index (χ0v) is 20.2. The summed E-state index contributed by atoms with van der Waals surface area (Å²) in [4.78, 5) is 18.9. The van der Waals surface area contributed by atoms with Gasteiger partial charge in [-0.05, 0) is 72.3 Å². The van der Waals surface area contributed by atoms with E-state index < -0.39 is 12.7 Å². The van der Waals surface area contributed by atoms with E-state index in [1.54, 1.807) is 11.2 Å². The first-order chi connectivity index (χ1) is 14.9. The molecule has 0 radical (unpaired) electrons. The summed E-state index contributed by atoms with van der Waals surface area (Å²) < 4.78 is 20.0. The molecule has 0 spiro atoms. The lowest BCUT2D eigenvalue weighted by atomic mass is 9.79. The average Bonchev–Trinajstić information content (AvgIpc) is 3.38. The van der Waals surface area contributed by atoms with Crippen LogP contribution in [0.25, 0.3) is 11.3 Å². The van der Waals surface area contributed by atoms with Crippen LogP contribution in [-0.2, 0) is 14.0 Å². The van der Waals surface area contributed by atoms with Crippen LogP contribution in [0.5, 0.6) is 0 Å². The number of hydrogen-bond donors (Lipinski definition) is 0. The number of hydrogen-bond acceptors (Lipinski definition) is 5. The molecular formula is C24H34BN3O4. The van der Waals surface area contributed by atoms with Crippen LogP contribution < -0.4 is 5.46 Å². The van der Waals surface area contributed by atoms with Crippen LogP contribution in [-0.4, -0.2) is 51.0 Å². The molecule has 0 aliphatic carbocycles. The zero-order valence-electron chi connectivity index (χ0n) is 20.2. The van der Waals surface area contributed by atoms with Crippen LogP contribution in [0.15, 0.2) is 36.8 Å². The zero-order chi connectivity index (χ0) is 23.3. The summed E-state index contributed by atoms with van der Waals surface area (Å²) in [7, 11) is -0.392. The number of carbonyl (C=O) groups excluding carboxylic acids is 1. The molecule has 1 aromatic carbocycles. The Balaban J connectivity index is 1.55. The van der Waals surface area contributed by atoms with Gasteiger partial charge in [0.25, 0.3) is 0 Å². The maximum atomic E-state index is 12.8. The summed E-state index contributed by atoms with van der Waals surface area (Å²) in [5, 5.41) is 0. The van der Waals surface area contributed by atoms with Crippen molar-refractivity contribution in [1.82, 2.24) is 14.5 Å². The summed E-state index contributed by atoms with van der Waals surface area (Å²) >= 11 is 0. The molecule has 1 unspecified atom stereocenters. The topological polar surface area (TPSA) is 65.8 Å². The molecule has 2 aliphatic rings. The average molecular weight is 439 g/mol. The minimum atomic E-state index is -0.522. The van der Waals surface area contributed by atoms with Gasteiger partial charge in [0.05, 0.1) is 29.4 Å². The molecule has 2 aliphatic heterocycles. The molecule has 2 saturated heterocycles. The molecule has 1 amide bonds. The van der Waals surface area contributed by atoms with Crippen LogP contribution in [0.1, 0.15) is 67.5 Å². The van der Waals surface area contributed by atoms with Gasteiger partial charge in [0, 0.05) is 6.54 Å². The predicted octanol–water partition coefficient (Wildman–Crippen LogP) is 4.38. The molecule has 3 heterocycles. The van der Waals surface area contributed by atoms with Crippen LogP contribution in [0.4, 0.5) is 4.79 Å². The van der Waals surface area contributed by atoms with Crippen molar-refractivity contribution in [3.05, 3.63) is 36.8 Å². The highest BCUT2D eigenvalue weighted by Gasteiger charge is 2.51. The van der Waals surface area contributed by atoms with Crippen molar-refractivity contribution < 1.29 is 18.8 Å². The molecule has 32 heavy (non-hydrogen) atoms. The third-order valence-corrected chi connectivity index (χ3v) is 6.57. The third kappa shape index (κ3) is 4.30. The lowest BCUT2D eigenvalue weighted by molar-refractivity contribution is 0.00578. The van der Waals surface area contributed by atoms with Gasteiger partial charge in [0.15, 0.2) is 0 Å². The standard InChI is InChI=1S/C24H34BN3O4/c1-22(2,3)30-21(29)27-14-8-9-20(27)28-16-26-15-19(28)17-10-12-18(13-11-17)25-31-23(4,5)24(6,7)32-25/h10-13,15-16,20H,8-9,14H2,1-7H3. The lowest BCUT2D eigenvalue weighted by Gasteiger charge is -2.32. The Hall–Kier alpha value is -2.32. The molecule has 2 aromatic rings. The number of rotatable bonds is 3. The molecule has 8 heteroatoms. The molecule has 0 bridgehead atoms. The van der Waals surface area contributed by atoms with Crippen LogP contribution in [0.3, 0.4) is 0 Å². The van der Waals surface area contributed by atoms with E-state index in [2.05, 4.69) is 49.4 Å². The summed E-state index contributed by atoms with van der Waals surface area (Å²) in [5.41, 5.74) is 1.70. The predicted molar refractivity (Wildman–Crippen MR) is 125 cm³/mol. The van der Waals surface area contributed by atoms with Gasteiger partial charge >= 0.3 is 13.2 Å². The molecule has 0 N–H and O–H groups in total. The third-order valence-electron chi connectivity index (χ3n) is 6.57. The van der Waals surface area contributed by atoms with E-state index in [0.717, 1.165) is 29.6 Å². The van der Waals surface area contributed by atoms with Crippen LogP contribution >= 0.6 is 0 Å². The second-order valence-corrected chi connectivity index (χ2v) is 10.7. The minimum absolute atomic E-state index is 0.106. The molecule has 7 nitrogen and oxygen atoms in total. The Labute approximate surface area is 191 Å². The molecule has 1 atom stereocenters. The number of benzene rings is 1. The second kappa shape index (κ2) is 7.92. The Bertz CT molecular complexity index is 962. The van der Waals surface area contributed by atoms with Gasteiger partial charge in [-0.2, -0.15) is 0 Å². The molecule has 0 saturated carbocycles. The summed E-state index contributed by atoms with van der Waals surface area (Å²) in [5.74, 6) is 0. The quantitative estimate of drug-likeness (QED) is 0.665. The summed E-state index contributed by atoms with van der Waals surface area (Å²) in [6, 6.07) is 8.19. The Morgan fingerprint density at radius 2 is 1.75 bits per heavy atom. The fourth-order valence-electron chi connectivity index (χ4n) is 4.13. The van der Waals surface area contributed by atoms with Crippen molar-refractivity contribution in [3.8, 4) is 11.3 Å². The van der Waals surface area contributed by atoms with Crippen molar-refractivity contribution in [2.24, 2.45) is 0 Å². The smallest absolute Gasteiger partial charge is 0.444 e. The highest BCUT2D eigenvalue weighted by molar-refractivity contribution is 6.62. The van der Waals surface area contributed by atoms with E-state index >= 15 is 0 Å². The van der Waals surface area contributed by atoms with Crippen molar-refractivity contribution >= 4 is 18.7 Å². The normalized spacial score (nSPS) is 22.4. The van der Waals surface area contributed by atoms with Crippen molar-refractivity contribution in [3.63, 3.8) is 0 Å². The lowest BCUT2D eigenvalue weighted by Crippen LogP contribution is -2.41. The van der Waals surface area contributed by atoms with E-state index in [-0.39, 0.29) is 23.5 Å². The summed E-state index contributed by atoms with van der Waals surface area (Å²) in [6.45, 7) is 14.6. The van der Waals surface area contributed by atoms with Gasteiger partial charge in [0.2, 0.25) is 0 Å². The fraction of sp³-hybridized carbons (Fsp3) is 0.583. The van der Waals surface area contributed by atoms with Crippen molar-refractivity contribution in [1.29, 1.82) is 0 Å². The van der Waals surface area contributed by atoms with E-state index in [1.807, 2.05) is 39.1 Å². The number of carbonyl (C=O) groups is 1. The fourth-order valence-corrected chi connectivity index (χ4v) is 4.13.